The van der Waals surface area contributed by atoms with Gasteiger partial charge in [-0.25, -0.2) is 4.68 Å². The molecule has 0 atom stereocenters. The predicted octanol–water partition coefficient (Wildman–Crippen LogP) is 5.14. The normalized spacial score (nSPS) is 10.7. The van der Waals surface area contributed by atoms with E-state index >= 15 is 0 Å². The first kappa shape index (κ1) is 15.7. The van der Waals surface area contributed by atoms with Crippen LogP contribution in [-0.2, 0) is 6.54 Å². The van der Waals surface area contributed by atoms with E-state index in [1.807, 2.05) is 59.3 Å². The van der Waals surface area contributed by atoms with Crippen molar-refractivity contribution in [1.82, 2.24) is 15.0 Å². The number of rotatable bonds is 5. The quantitative estimate of drug-likeness (QED) is 0.502. The van der Waals surface area contributed by atoms with Gasteiger partial charge < -0.3 is 0 Å². The van der Waals surface area contributed by atoms with Crippen LogP contribution in [0.3, 0.4) is 0 Å². The van der Waals surface area contributed by atoms with Crippen molar-refractivity contribution in [1.29, 1.82) is 0 Å². The lowest BCUT2D eigenvalue weighted by Crippen LogP contribution is -2.04. The number of hydrogen-bond acceptors (Lipinski definition) is 3. The Kier molecular flexibility index (Phi) is 4.61. The van der Waals surface area contributed by atoms with Crippen molar-refractivity contribution >= 4 is 11.8 Å². The molecular weight excluding hydrogens is 326 g/mol. The lowest BCUT2D eigenvalue weighted by molar-refractivity contribution is 0.654. The highest BCUT2D eigenvalue weighted by atomic mass is 32.2. The Morgan fingerprint density at radius 2 is 1.32 bits per heavy atom. The van der Waals surface area contributed by atoms with Gasteiger partial charge in [-0.2, -0.15) is 0 Å². The molecule has 0 aliphatic heterocycles. The van der Waals surface area contributed by atoms with Gasteiger partial charge in [-0.15, -0.1) is 5.10 Å². The van der Waals surface area contributed by atoms with Crippen LogP contribution in [0, 0.1) is 0 Å². The monoisotopic (exact) mass is 343 g/mol. The molecule has 0 bridgehead atoms. The molecule has 0 aliphatic carbocycles. The second-order valence-corrected chi connectivity index (χ2v) is 6.73. The van der Waals surface area contributed by atoms with Gasteiger partial charge in [0, 0.05) is 10.5 Å². The summed E-state index contributed by atoms with van der Waals surface area (Å²) in [5.41, 5.74) is 3.39. The van der Waals surface area contributed by atoms with Gasteiger partial charge in [-0.3, -0.25) is 0 Å². The van der Waals surface area contributed by atoms with Gasteiger partial charge in [-0.05, 0) is 17.7 Å². The molecule has 0 unspecified atom stereocenters. The Morgan fingerprint density at radius 3 is 2.00 bits per heavy atom. The minimum Gasteiger partial charge on any atom is -0.239 e. The molecule has 4 heteroatoms. The lowest BCUT2D eigenvalue weighted by atomic mass is 10.1. The number of nitrogens with zero attached hydrogens (tertiary/aromatic N) is 3. The van der Waals surface area contributed by atoms with Crippen molar-refractivity contribution < 1.29 is 0 Å². The van der Waals surface area contributed by atoms with E-state index in [1.54, 1.807) is 11.8 Å². The first-order valence-corrected chi connectivity index (χ1v) is 8.97. The molecule has 0 fully saturated rings. The molecule has 0 N–H and O–H groups in total. The standard InChI is InChI=1S/C21H17N3S/c1-4-10-17(11-5-1)16-24-20(18-12-6-2-7-13-18)21(22-23-24)25-19-14-8-3-9-15-19/h1-15H,16H2. The third-order valence-corrected chi connectivity index (χ3v) is 4.86. The third-order valence-electron chi connectivity index (χ3n) is 3.88. The zero-order chi connectivity index (χ0) is 16.9. The fourth-order valence-corrected chi connectivity index (χ4v) is 3.62. The van der Waals surface area contributed by atoms with E-state index in [0.717, 1.165) is 21.2 Å². The molecule has 122 valence electrons. The van der Waals surface area contributed by atoms with E-state index in [9.17, 15) is 0 Å². The summed E-state index contributed by atoms with van der Waals surface area (Å²) in [7, 11) is 0. The van der Waals surface area contributed by atoms with Gasteiger partial charge in [0.15, 0.2) is 5.03 Å². The summed E-state index contributed by atoms with van der Waals surface area (Å²) >= 11 is 1.65. The van der Waals surface area contributed by atoms with Crippen molar-refractivity contribution in [3.63, 3.8) is 0 Å². The van der Waals surface area contributed by atoms with Gasteiger partial charge in [0.25, 0.3) is 0 Å². The maximum Gasteiger partial charge on any atom is 0.151 e. The molecule has 1 heterocycles. The summed E-state index contributed by atoms with van der Waals surface area (Å²) in [4.78, 5) is 1.16. The van der Waals surface area contributed by atoms with Crippen molar-refractivity contribution in [2.24, 2.45) is 0 Å². The molecule has 0 saturated heterocycles. The van der Waals surface area contributed by atoms with E-state index in [2.05, 4.69) is 46.7 Å². The molecule has 4 rings (SSSR count). The van der Waals surface area contributed by atoms with Crippen LogP contribution in [0.25, 0.3) is 11.3 Å². The minimum absolute atomic E-state index is 0.702. The Balaban J connectivity index is 1.74. The minimum atomic E-state index is 0.702. The van der Waals surface area contributed by atoms with E-state index < -0.39 is 0 Å². The summed E-state index contributed by atoms with van der Waals surface area (Å²) in [5, 5.41) is 9.81. The molecule has 4 aromatic rings. The molecule has 3 nitrogen and oxygen atoms in total. The molecule has 0 saturated carbocycles. The average Bonchev–Trinajstić information content (AvgIpc) is 3.06. The largest absolute Gasteiger partial charge is 0.239 e. The van der Waals surface area contributed by atoms with Gasteiger partial charge in [0.1, 0.15) is 5.69 Å². The lowest BCUT2D eigenvalue weighted by Gasteiger charge is -2.08. The summed E-state index contributed by atoms with van der Waals surface area (Å²) in [6.07, 6.45) is 0. The maximum absolute atomic E-state index is 4.46. The fourth-order valence-electron chi connectivity index (χ4n) is 2.70. The number of aromatic nitrogens is 3. The van der Waals surface area contributed by atoms with E-state index in [1.165, 1.54) is 5.56 Å². The van der Waals surface area contributed by atoms with Crippen LogP contribution in [0.4, 0.5) is 0 Å². The summed E-state index contributed by atoms with van der Waals surface area (Å²) in [5.74, 6) is 0. The molecular formula is C21H17N3S. The van der Waals surface area contributed by atoms with Crippen molar-refractivity contribution in [3.8, 4) is 11.3 Å². The molecule has 0 radical (unpaired) electrons. The van der Waals surface area contributed by atoms with Crippen molar-refractivity contribution in [2.75, 3.05) is 0 Å². The van der Waals surface area contributed by atoms with Crippen LogP contribution in [0.2, 0.25) is 0 Å². The topological polar surface area (TPSA) is 30.7 Å². The van der Waals surface area contributed by atoms with Gasteiger partial charge in [0.05, 0.1) is 6.54 Å². The SMILES string of the molecule is c1ccc(Cn2nnc(Sc3ccccc3)c2-c2ccccc2)cc1. The van der Waals surface area contributed by atoms with Crippen LogP contribution < -0.4 is 0 Å². The van der Waals surface area contributed by atoms with E-state index in [-0.39, 0.29) is 0 Å². The van der Waals surface area contributed by atoms with Crippen LogP contribution in [-0.4, -0.2) is 15.0 Å². The molecule has 0 spiro atoms. The van der Waals surface area contributed by atoms with Crippen LogP contribution in [0.15, 0.2) is 101 Å². The molecule has 25 heavy (non-hydrogen) atoms. The Morgan fingerprint density at radius 1 is 0.720 bits per heavy atom. The van der Waals surface area contributed by atoms with Gasteiger partial charge in [0.2, 0.25) is 0 Å². The van der Waals surface area contributed by atoms with Crippen LogP contribution in [0.5, 0.6) is 0 Å². The molecule has 0 aliphatic rings. The smallest absolute Gasteiger partial charge is 0.151 e. The van der Waals surface area contributed by atoms with E-state index in [4.69, 9.17) is 0 Å². The Bertz CT molecular complexity index is 876. The summed E-state index contributed by atoms with van der Waals surface area (Å²) in [6.45, 7) is 0.702. The zero-order valence-electron chi connectivity index (χ0n) is 13.6. The van der Waals surface area contributed by atoms with Crippen molar-refractivity contribution in [2.45, 2.75) is 16.5 Å². The van der Waals surface area contributed by atoms with Crippen molar-refractivity contribution in [3.05, 3.63) is 96.6 Å². The van der Waals surface area contributed by atoms with Gasteiger partial charge >= 0.3 is 0 Å². The molecule has 3 aromatic carbocycles. The predicted molar refractivity (Wildman–Crippen MR) is 102 cm³/mol. The molecule has 1 aromatic heterocycles. The Hall–Kier alpha value is -2.85. The summed E-state index contributed by atoms with van der Waals surface area (Å²) < 4.78 is 1.98. The fraction of sp³-hybridized carbons (Fsp3) is 0.0476. The maximum atomic E-state index is 4.46. The molecule has 0 amide bonds. The second-order valence-electron chi connectivity index (χ2n) is 5.67. The van der Waals surface area contributed by atoms with Crippen LogP contribution >= 0.6 is 11.8 Å². The first-order chi connectivity index (χ1) is 12.4. The van der Waals surface area contributed by atoms with Crippen LogP contribution in [0.1, 0.15) is 5.56 Å². The Labute approximate surface area is 151 Å². The zero-order valence-corrected chi connectivity index (χ0v) is 14.4. The number of hydrogen-bond donors (Lipinski definition) is 0. The highest BCUT2D eigenvalue weighted by Gasteiger charge is 2.16. The third kappa shape index (κ3) is 3.64. The second kappa shape index (κ2) is 7.36. The first-order valence-electron chi connectivity index (χ1n) is 8.16. The van der Waals surface area contributed by atoms with Gasteiger partial charge in [-0.1, -0.05) is 95.8 Å². The highest BCUT2D eigenvalue weighted by Crippen LogP contribution is 2.34. The van der Waals surface area contributed by atoms with E-state index in [0.29, 0.717) is 6.54 Å². The highest BCUT2D eigenvalue weighted by molar-refractivity contribution is 7.99. The average molecular weight is 343 g/mol. The number of benzene rings is 3. The summed E-state index contributed by atoms with van der Waals surface area (Å²) in [6, 6.07) is 31.0.